The Kier molecular flexibility index (Phi) is 4.01. The van der Waals surface area contributed by atoms with Crippen LogP contribution in [0, 0.1) is 0 Å². The lowest BCUT2D eigenvalue weighted by molar-refractivity contribution is 0.234. The van der Waals surface area contributed by atoms with Gasteiger partial charge in [0.05, 0.1) is 5.52 Å². The molecule has 114 valence electrons. The Morgan fingerprint density at radius 2 is 2.00 bits per heavy atom. The number of nitrogens with two attached hydrogens (primary N) is 1. The van der Waals surface area contributed by atoms with Crippen molar-refractivity contribution < 1.29 is 0 Å². The van der Waals surface area contributed by atoms with Crippen molar-refractivity contribution >= 4 is 22.4 Å². The van der Waals surface area contributed by atoms with Gasteiger partial charge in [-0.2, -0.15) is 5.10 Å². The average molecular weight is 287 g/mol. The van der Waals surface area contributed by atoms with Crippen molar-refractivity contribution in [3.8, 4) is 0 Å². The third kappa shape index (κ3) is 2.97. The smallest absolute Gasteiger partial charge is 0.158 e. The van der Waals surface area contributed by atoms with Crippen LogP contribution in [0.4, 0.5) is 11.5 Å². The highest BCUT2D eigenvalue weighted by Crippen LogP contribution is 2.26. The maximum Gasteiger partial charge on any atom is 0.158 e. The van der Waals surface area contributed by atoms with Gasteiger partial charge in [-0.25, -0.2) is 0 Å². The number of hydrogen-bond acceptors (Lipinski definition) is 4. The third-order valence-corrected chi connectivity index (χ3v) is 4.42. The first-order valence-corrected chi connectivity index (χ1v) is 7.81. The molecule has 1 aromatic carbocycles. The summed E-state index contributed by atoms with van der Waals surface area (Å²) >= 11 is 0. The van der Waals surface area contributed by atoms with Crippen molar-refractivity contribution in [3.05, 3.63) is 18.2 Å². The van der Waals surface area contributed by atoms with Crippen LogP contribution in [-0.2, 0) is 7.05 Å². The van der Waals surface area contributed by atoms with Crippen LogP contribution in [0.5, 0.6) is 0 Å². The predicted octanol–water partition coefficient (Wildman–Crippen LogP) is 2.08. The molecule has 2 N–H and O–H groups in total. The summed E-state index contributed by atoms with van der Waals surface area (Å²) in [5.41, 5.74) is 7.75. The maximum atomic E-state index is 5.87. The van der Waals surface area contributed by atoms with Crippen LogP contribution >= 0.6 is 0 Å². The summed E-state index contributed by atoms with van der Waals surface area (Å²) in [5, 5.41) is 5.84. The van der Waals surface area contributed by atoms with E-state index in [1.54, 1.807) is 0 Å². The second-order valence-electron chi connectivity index (χ2n) is 6.05. The maximum absolute atomic E-state index is 5.87. The quantitative estimate of drug-likeness (QED) is 0.875. The second kappa shape index (κ2) is 5.93. The fourth-order valence-corrected chi connectivity index (χ4v) is 3.12. The largest absolute Gasteiger partial charge is 0.399 e. The molecule has 1 saturated heterocycles. The van der Waals surface area contributed by atoms with E-state index in [1.807, 2.05) is 23.9 Å². The molecule has 21 heavy (non-hydrogen) atoms. The van der Waals surface area contributed by atoms with E-state index in [0.29, 0.717) is 0 Å². The molecule has 0 spiro atoms. The van der Waals surface area contributed by atoms with Crippen LogP contribution in [0.25, 0.3) is 10.9 Å². The molecular formula is C16H25N5. The monoisotopic (exact) mass is 287 g/mol. The van der Waals surface area contributed by atoms with E-state index in [9.17, 15) is 0 Å². The molecule has 0 radical (unpaired) electrons. The molecule has 3 rings (SSSR count). The molecule has 5 nitrogen and oxygen atoms in total. The first-order chi connectivity index (χ1) is 10.1. The first kappa shape index (κ1) is 14.2. The minimum absolute atomic E-state index is 0.785. The lowest BCUT2D eigenvalue weighted by Gasteiger charge is -2.28. The van der Waals surface area contributed by atoms with Gasteiger partial charge < -0.3 is 15.5 Å². The number of aromatic nitrogens is 2. The summed E-state index contributed by atoms with van der Waals surface area (Å²) in [7, 11) is 4.10. The van der Waals surface area contributed by atoms with Gasteiger partial charge in [-0.3, -0.25) is 4.68 Å². The van der Waals surface area contributed by atoms with Crippen molar-refractivity contribution in [2.24, 2.45) is 7.05 Å². The van der Waals surface area contributed by atoms with E-state index in [-0.39, 0.29) is 0 Å². The fraction of sp³-hybridized carbons (Fsp3) is 0.562. The van der Waals surface area contributed by atoms with Gasteiger partial charge in [-0.15, -0.1) is 0 Å². The molecule has 0 unspecified atom stereocenters. The van der Waals surface area contributed by atoms with E-state index >= 15 is 0 Å². The Morgan fingerprint density at radius 3 is 2.76 bits per heavy atom. The number of nitrogen functional groups attached to an aromatic ring is 1. The summed E-state index contributed by atoms with van der Waals surface area (Å²) in [5.74, 6) is 1.05. The van der Waals surface area contributed by atoms with Crippen molar-refractivity contribution in [1.82, 2.24) is 14.7 Å². The lowest BCUT2D eigenvalue weighted by Crippen LogP contribution is -2.36. The zero-order valence-electron chi connectivity index (χ0n) is 13.0. The van der Waals surface area contributed by atoms with E-state index < -0.39 is 0 Å². The summed E-state index contributed by atoms with van der Waals surface area (Å²) in [6.45, 7) is 4.61. The number of fused-ring (bicyclic) bond motifs is 1. The van der Waals surface area contributed by atoms with Gasteiger partial charge >= 0.3 is 0 Å². The number of nitrogens with zero attached hydrogens (tertiary/aromatic N) is 4. The van der Waals surface area contributed by atoms with Crippen molar-refractivity contribution in [2.45, 2.75) is 19.3 Å². The highest BCUT2D eigenvalue weighted by atomic mass is 15.3. The molecular weight excluding hydrogens is 262 g/mol. The Hall–Kier alpha value is -1.75. The molecule has 1 fully saturated rings. The number of piperidine rings is 1. The van der Waals surface area contributed by atoms with Gasteiger partial charge in [0.1, 0.15) is 0 Å². The summed E-state index contributed by atoms with van der Waals surface area (Å²) < 4.78 is 1.92. The Morgan fingerprint density at radius 1 is 1.24 bits per heavy atom. The Balaban J connectivity index is 1.73. The van der Waals surface area contributed by atoms with Gasteiger partial charge in [-0.05, 0) is 44.1 Å². The predicted molar refractivity (Wildman–Crippen MR) is 88.7 cm³/mol. The van der Waals surface area contributed by atoms with Gasteiger partial charge in [0.2, 0.25) is 0 Å². The van der Waals surface area contributed by atoms with Crippen molar-refractivity contribution in [3.63, 3.8) is 0 Å². The average Bonchev–Trinajstić information content (AvgIpc) is 2.83. The molecule has 2 aromatic rings. The number of rotatable bonds is 4. The highest BCUT2D eigenvalue weighted by Gasteiger charge is 2.15. The number of hydrogen-bond donors (Lipinski definition) is 1. The molecule has 0 bridgehead atoms. The zero-order valence-corrected chi connectivity index (χ0v) is 13.0. The second-order valence-corrected chi connectivity index (χ2v) is 6.05. The molecule has 1 aliphatic rings. The number of likely N-dealkylation sites (tertiary alicyclic amines) is 1. The van der Waals surface area contributed by atoms with Crippen LogP contribution in [0.15, 0.2) is 18.2 Å². The molecule has 0 saturated carbocycles. The van der Waals surface area contributed by atoms with Gasteiger partial charge in [0.15, 0.2) is 5.82 Å². The van der Waals surface area contributed by atoms with E-state index in [2.05, 4.69) is 28.0 Å². The topological polar surface area (TPSA) is 50.3 Å². The van der Waals surface area contributed by atoms with Crippen LogP contribution in [0.1, 0.15) is 19.3 Å². The minimum Gasteiger partial charge on any atom is -0.399 e. The standard InChI is InChI=1S/C16H25N5/c1-19(10-11-21-8-4-3-5-9-21)16-14-7-6-13(17)12-15(14)20(2)18-16/h6-7,12H,3-5,8-11,17H2,1-2H3. The van der Waals surface area contributed by atoms with Crippen LogP contribution in [-0.4, -0.2) is 47.9 Å². The van der Waals surface area contributed by atoms with Crippen molar-refractivity contribution in [2.75, 3.05) is 43.9 Å². The van der Waals surface area contributed by atoms with Crippen LogP contribution in [0.2, 0.25) is 0 Å². The molecule has 0 aliphatic carbocycles. The van der Waals surface area contributed by atoms with Crippen LogP contribution < -0.4 is 10.6 Å². The van der Waals surface area contributed by atoms with Gasteiger partial charge in [-0.1, -0.05) is 6.42 Å². The van der Waals surface area contributed by atoms with Gasteiger partial charge in [0.25, 0.3) is 0 Å². The summed E-state index contributed by atoms with van der Waals surface area (Å²) in [4.78, 5) is 4.82. The zero-order chi connectivity index (χ0) is 14.8. The summed E-state index contributed by atoms with van der Waals surface area (Å²) in [6.07, 6.45) is 4.07. The Bertz CT molecular complexity index is 612. The number of likely N-dealkylation sites (N-methyl/N-ethyl adjacent to an activating group) is 1. The molecule has 0 atom stereocenters. The highest BCUT2D eigenvalue weighted by molar-refractivity contribution is 5.92. The molecule has 2 heterocycles. The summed E-state index contributed by atoms with van der Waals surface area (Å²) in [6, 6.07) is 6.01. The number of anilines is 2. The molecule has 1 aliphatic heterocycles. The lowest BCUT2D eigenvalue weighted by atomic mass is 10.1. The number of benzene rings is 1. The van der Waals surface area contributed by atoms with E-state index in [0.717, 1.165) is 30.1 Å². The van der Waals surface area contributed by atoms with Gasteiger partial charge in [0, 0.05) is 38.3 Å². The normalized spacial score (nSPS) is 16.5. The molecule has 0 amide bonds. The minimum atomic E-state index is 0.785. The molecule has 1 aromatic heterocycles. The van der Waals surface area contributed by atoms with Crippen LogP contribution in [0.3, 0.4) is 0 Å². The van der Waals surface area contributed by atoms with E-state index in [1.165, 1.54) is 37.7 Å². The number of aryl methyl sites for hydroxylation is 1. The Labute approximate surface area is 126 Å². The fourth-order valence-electron chi connectivity index (χ4n) is 3.12. The SMILES string of the molecule is CN(CCN1CCCCC1)c1nn(C)c2cc(N)ccc12. The third-order valence-electron chi connectivity index (χ3n) is 4.42. The van der Waals surface area contributed by atoms with E-state index in [4.69, 9.17) is 5.73 Å². The van der Waals surface area contributed by atoms with Crippen molar-refractivity contribution in [1.29, 1.82) is 0 Å². The molecule has 5 heteroatoms. The first-order valence-electron chi connectivity index (χ1n) is 7.81.